The smallest absolute Gasteiger partial charge is 0.293 e. The van der Waals surface area contributed by atoms with Gasteiger partial charge in [-0.3, -0.25) is 14.9 Å². The van der Waals surface area contributed by atoms with Crippen molar-refractivity contribution in [1.82, 2.24) is 4.31 Å². The average molecular weight is 398 g/mol. The highest BCUT2D eigenvalue weighted by molar-refractivity contribution is 7.89. The Morgan fingerprint density at radius 3 is 2.59 bits per heavy atom. The van der Waals surface area contributed by atoms with Crippen molar-refractivity contribution < 1.29 is 18.1 Å². The van der Waals surface area contributed by atoms with Crippen molar-refractivity contribution in [2.75, 3.05) is 18.4 Å². The van der Waals surface area contributed by atoms with Crippen molar-refractivity contribution in [3.05, 3.63) is 28.3 Å². The number of anilines is 1. The van der Waals surface area contributed by atoms with Crippen LogP contribution in [0.2, 0.25) is 0 Å². The molecule has 1 heterocycles. The van der Waals surface area contributed by atoms with E-state index < -0.39 is 32.6 Å². The zero-order valence-corrected chi connectivity index (χ0v) is 16.5. The molecule has 0 radical (unpaired) electrons. The zero-order chi connectivity index (χ0) is 20.4. The van der Waals surface area contributed by atoms with E-state index in [0.29, 0.717) is 13.1 Å². The summed E-state index contributed by atoms with van der Waals surface area (Å²) in [6, 6.07) is 2.86. The summed E-state index contributed by atoms with van der Waals surface area (Å²) in [6.45, 7) is 6.28. The van der Waals surface area contributed by atoms with Gasteiger partial charge >= 0.3 is 0 Å². The minimum Gasteiger partial charge on any atom is -0.368 e. The third kappa shape index (κ3) is 4.75. The number of hydrogen-bond donors (Lipinski definition) is 2. The predicted octanol–water partition coefficient (Wildman–Crippen LogP) is 1.94. The van der Waals surface area contributed by atoms with Gasteiger partial charge in [-0.1, -0.05) is 20.8 Å². The van der Waals surface area contributed by atoms with Crippen LogP contribution in [0.1, 0.15) is 33.6 Å². The summed E-state index contributed by atoms with van der Waals surface area (Å²) in [7, 11) is -3.82. The summed E-state index contributed by atoms with van der Waals surface area (Å²) < 4.78 is 27.1. The molecule has 0 aromatic heterocycles. The summed E-state index contributed by atoms with van der Waals surface area (Å²) in [6.07, 6.45) is 1.72. The largest absolute Gasteiger partial charge is 0.368 e. The summed E-state index contributed by atoms with van der Waals surface area (Å²) >= 11 is 0. The lowest BCUT2D eigenvalue weighted by Crippen LogP contribution is -2.40. The van der Waals surface area contributed by atoms with E-state index in [9.17, 15) is 23.3 Å². The molecule has 27 heavy (non-hydrogen) atoms. The molecule has 0 aliphatic carbocycles. The third-order valence-corrected chi connectivity index (χ3v) is 6.57. The predicted molar refractivity (Wildman–Crippen MR) is 102 cm³/mol. The van der Waals surface area contributed by atoms with E-state index in [4.69, 9.17) is 5.73 Å². The Morgan fingerprint density at radius 2 is 2.07 bits per heavy atom. The number of hydrogen-bond acceptors (Lipinski definition) is 6. The lowest BCUT2D eigenvalue weighted by atomic mass is 10.0. The number of sulfonamides is 1. The number of carbonyl (C=O) groups is 1. The van der Waals surface area contributed by atoms with Crippen LogP contribution in [0, 0.1) is 22.0 Å². The summed E-state index contributed by atoms with van der Waals surface area (Å²) in [5.41, 5.74) is 5.00. The fraction of sp³-hybridized carbons (Fsp3) is 0.588. The van der Waals surface area contributed by atoms with Gasteiger partial charge in [-0.2, -0.15) is 4.31 Å². The number of rotatable bonds is 7. The van der Waals surface area contributed by atoms with E-state index in [2.05, 4.69) is 5.32 Å². The van der Waals surface area contributed by atoms with Gasteiger partial charge in [0.1, 0.15) is 11.7 Å². The lowest BCUT2D eigenvalue weighted by molar-refractivity contribution is -0.384. The van der Waals surface area contributed by atoms with Gasteiger partial charge in [0.05, 0.1) is 9.82 Å². The first kappa shape index (κ1) is 21.1. The number of nitro groups is 1. The Kier molecular flexibility index (Phi) is 6.42. The Morgan fingerprint density at radius 1 is 1.41 bits per heavy atom. The van der Waals surface area contributed by atoms with Gasteiger partial charge in [0, 0.05) is 19.2 Å². The number of benzene rings is 1. The maximum atomic E-state index is 12.9. The van der Waals surface area contributed by atoms with Crippen molar-refractivity contribution in [2.45, 2.75) is 44.6 Å². The highest BCUT2D eigenvalue weighted by Gasteiger charge is 2.31. The van der Waals surface area contributed by atoms with Gasteiger partial charge in [-0.15, -0.1) is 0 Å². The number of primary amides is 1. The van der Waals surface area contributed by atoms with E-state index in [1.807, 2.05) is 6.92 Å². The number of carbonyl (C=O) groups excluding carboxylic acids is 1. The highest BCUT2D eigenvalue weighted by Crippen LogP contribution is 2.31. The van der Waals surface area contributed by atoms with Crippen LogP contribution >= 0.6 is 0 Å². The standard InChI is InChI=1S/C17H26N4O5S/c1-11(2)16(17(18)22)19-14-7-6-13(9-15(14)21(23)24)27(25,26)20-8-4-5-12(3)10-20/h6-7,9,11-12,16,19H,4-5,8,10H2,1-3H3,(H2,18,22). The molecule has 150 valence electrons. The van der Waals surface area contributed by atoms with Gasteiger partial charge in [-0.05, 0) is 36.8 Å². The van der Waals surface area contributed by atoms with Crippen molar-refractivity contribution in [1.29, 1.82) is 0 Å². The molecule has 10 heteroatoms. The molecule has 1 amide bonds. The molecule has 1 aliphatic rings. The molecule has 1 aliphatic heterocycles. The minimum atomic E-state index is -3.82. The van der Waals surface area contributed by atoms with E-state index in [-0.39, 0.29) is 22.4 Å². The van der Waals surface area contributed by atoms with Crippen LogP contribution in [-0.4, -0.2) is 42.7 Å². The number of nitro benzene ring substituents is 1. The monoisotopic (exact) mass is 398 g/mol. The van der Waals surface area contributed by atoms with E-state index in [0.717, 1.165) is 18.9 Å². The molecule has 1 aromatic carbocycles. The first-order valence-electron chi connectivity index (χ1n) is 8.88. The molecule has 1 saturated heterocycles. The lowest BCUT2D eigenvalue weighted by Gasteiger charge is -2.30. The Bertz CT molecular complexity index is 825. The number of nitrogens with one attached hydrogen (secondary N) is 1. The topological polar surface area (TPSA) is 136 Å². The Hall–Kier alpha value is -2.20. The fourth-order valence-corrected chi connectivity index (χ4v) is 4.81. The summed E-state index contributed by atoms with van der Waals surface area (Å²) in [5.74, 6) is -0.592. The first-order valence-corrected chi connectivity index (χ1v) is 10.3. The molecular weight excluding hydrogens is 372 g/mol. The summed E-state index contributed by atoms with van der Waals surface area (Å²) in [4.78, 5) is 22.3. The SMILES string of the molecule is CC1CCCN(S(=O)(=O)c2ccc(NC(C(N)=O)C(C)C)c([N+](=O)[O-])c2)C1. The van der Waals surface area contributed by atoms with E-state index >= 15 is 0 Å². The van der Waals surface area contributed by atoms with Crippen LogP contribution in [-0.2, 0) is 14.8 Å². The number of amides is 1. The van der Waals surface area contributed by atoms with Crippen molar-refractivity contribution in [3.8, 4) is 0 Å². The Labute approximate surface area is 159 Å². The van der Waals surface area contributed by atoms with Crippen LogP contribution in [0.5, 0.6) is 0 Å². The third-order valence-electron chi connectivity index (χ3n) is 4.71. The molecule has 1 fully saturated rings. The molecule has 2 rings (SSSR count). The normalized spacial score (nSPS) is 19.6. The molecule has 2 unspecified atom stereocenters. The van der Waals surface area contributed by atoms with Crippen LogP contribution < -0.4 is 11.1 Å². The second-order valence-corrected chi connectivity index (χ2v) is 9.25. The van der Waals surface area contributed by atoms with Crippen LogP contribution in [0.15, 0.2) is 23.1 Å². The van der Waals surface area contributed by atoms with Gasteiger partial charge in [-0.25, -0.2) is 8.42 Å². The maximum Gasteiger partial charge on any atom is 0.293 e. The molecular formula is C17H26N4O5S. The number of piperidine rings is 1. The van der Waals surface area contributed by atoms with Crippen molar-refractivity contribution >= 4 is 27.3 Å². The molecule has 0 spiro atoms. The number of nitrogens with zero attached hydrogens (tertiary/aromatic N) is 2. The van der Waals surface area contributed by atoms with Crippen molar-refractivity contribution in [3.63, 3.8) is 0 Å². The first-order chi connectivity index (χ1) is 12.5. The molecule has 0 bridgehead atoms. The quantitative estimate of drug-likeness (QED) is 0.532. The average Bonchev–Trinajstić information content (AvgIpc) is 2.58. The Balaban J connectivity index is 2.40. The van der Waals surface area contributed by atoms with Gasteiger partial charge < -0.3 is 11.1 Å². The second-order valence-electron chi connectivity index (χ2n) is 7.31. The van der Waals surface area contributed by atoms with E-state index in [1.165, 1.54) is 16.4 Å². The van der Waals surface area contributed by atoms with Gasteiger partial charge in [0.25, 0.3) is 5.69 Å². The van der Waals surface area contributed by atoms with E-state index in [1.54, 1.807) is 13.8 Å². The molecule has 2 atom stereocenters. The van der Waals surface area contributed by atoms with Gasteiger partial charge in [0.2, 0.25) is 15.9 Å². The molecule has 3 N–H and O–H groups in total. The fourth-order valence-electron chi connectivity index (χ4n) is 3.19. The molecule has 0 saturated carbocycles. The van der Waals surface area contributed by atoms with Crippen LogP contribution in [0.3, 0.4) is 0 Å². The number of nitrogens with two attached hydrogens (primary N) is 1. The highest BCUT2D eigenvalue weighted by atomic mass is 32.2. The summed E-state index contributed by atoms with van der Waals surface area (Å²) in [5, 5.41) is 14.3. The van der Waals surface area contributed by atoms with Crippen LogP contribution in [0.25, 0.3) is 0 Å². The maximum absolute atomic E-state index is 12.9. The van der Waals surface area contributed by atoms with Crippen molar-refractivity contribution in [2.24, 2.45) is 17.6 Å². The van der Waals surface area contributed by atoms with Crippen LogP contribution in [0.4, 0.5) is 11.4 Å². The minimum absolute atomic E-state index is 0.0588. The molecule has 9 nitrogen and oxygen atoms in total. The van der Waals surface area contributed by atoms with Gasteiger partial charge in [0.15, 0.2) is 0 Å². The zero-order valence-electron chi connectivity index (χ0n) is 15.7. The second kappa shape index (κ2) is 8.22. The molecule has 1 aromatic rings.